The lowest BCUT2D eigenvalue weighted by Gasteiger charge is -2.10. The Hall–Kier alpha value is -4.73. The van der Waals surface area contributed by atoms with Gasteiger partial charge < -0.3 is 5.32 Å². The van der Waals surface area contributed by atoms with Crippen molar-refractivity contribution in [3.05, 3.63) is 109 Å². The lowest BCUT2D eigenvalue weighted by atomic mass is 10.2. The third-order valence-electron chi connectivity index (χ3n) is 5.08. The Balaban J connectivity index is 1.81. The Morgan fingerprint density at radius 2 is 1.59 bits per heavy atom. The minimum atomic E-state index is -0.596. The minimum absolute atomic E-state index is 0.0636. The number of fused-ring (bicyclic) bond motifs is 3. The smallest absolute Gasteiger partial charge is 0.324 e. The highest BCUT2D eigenvalue weighted by molar-refractivity contribution is 5.77. The first-order valence-corrected chi connectivity index (χ1v) is 9.68. The molecule has 3 aromatic carbocycles. The van der Waals surface area contributed by atoms with E-state index >= 15 is 0 Å². The second-order valence-corrected chi connectivity index (χ2v) is 7.22. The van der Waals surface area contributed by atoms with Crippen LogP contribution in [-0.4, -0.2) is 23.5 Å². The molecule has 0 bridgehead atoms. The maximum absolute atomic E-state index is 13.4. The van der Waals surface area contributed by atoms with Crippen molar-refractivity contribution in [1.29, 1.82) is 0 Å². The summed E-state index contributed by atoms with van der Waals surface area (Å²) in [5, 5.41) is 13.9. The molecule has 0 aliphatic rings. The van der Waals surface area contributed by atoms with Gasteiger partial charge in [-0.3, -0.25) is 10.1 Å². The van der Waals surface area contributed by atoms with Crippen molar-refractivity contribution >= 4 is 28.4 Å². The molecule has 158 valence electrons. The van der Waals surface area contributed by atoms with Crippen molar-refractivity contribution < 1.29 is 4.92 Å². The fourth-order valence-electron chi connectivity index (χ4n) is 3.57. The van der Waals surface area contributed by atoms with Gasteiger partial charge in [-0.2, -0.15) is 9.03 Å². The van der Waals surface area contributed by atoms with Crippen LogP contribution < -0.4 is 16.7 Å². The molecule has 5 aromatic rings. The van der Waals surface area contributed by atoms with Gasteiger partial charge in [0.2, 0.25) is 5.95 Å². The van der Waals surface area contributed by atoms with Crippen LogP contribution in [0.5, 0.6) is 0 Å². The van der Waals surface area contributed by atoms with Gasteiger partial charge in [0.25, 0.3) is 5.69 Å². The summed E-state index contributed by atoms with van der Waals surface area (Å²) < 4.78 is 3.52. The molecule has 0 radical (unpaired) electrons. The Labute approximate surface area is 179 Å². The molecule has 0 unspecified atom stereocenters. The largest absolute Gasteiger partial charge is 0.359 e. The van der Waals surface area contributed by atoms with Crippen LogP contribution in [0, 0.1) is 17.0 Å². The summed E-state index contributed by atoms with van der Waals surface area (Å²) in [7, 11) is 0. The monoisotopic (exact) mass is 428 g/mol. The van der Waals surface area contributed by atoms with Crippen molar-refractivity contribution in [2.75, 3.05) is 5.32 Å². The van der Waals surface area contributed by atoms with E-state index < -0.39 is 16.3 Å². The van der Waals surface area contributed by atoms with Gasteiger partial charge in [0.05, 0.1) is 21.6 Å². The lowest BCUT2D eigenvalue weighted by molar-refractivity contribution is -0.384. The molecule has 2 aromatic heterocycles. The van der Waals surface area contributed by atoms with E-state index in [-0.39, 0.29) is 11.6 Å². The van der Waals surface area contributed by atoms with Gasteiger partial charge in [-0.1, -0.05) is 24.3 Å². The van der Waals surface area contributed by atoms with Gasteiger partial charge in [0, 0.05) is 17.8 Å². The zero-order valence-electron chi connectivity index (χ0n) is 16.8. The summed E-state index contributed by atoms with van der Waals surface area (Å²) in [4.78, 5) is 41.7. The minimum Gasteiger partial charge on any atom is -0.324 e. The molecular weight excluding hydrogens is 412 g/mol. The number of aryl methyl sites for hydroxylation is 1. The Morgan fingerprint density at radius 1 is 0.906 bits per heavy atom. The van der Waals surface area contributed by atoms with Crippen LogP contribution in [-0.2, 0) is 0 Å². The van der Waals surface area contributed by atoms with E-state index in [1.165, 1.54) is 33.3 Å². The van der Waals surface area contributed by atoms with Crippen molar-refractivity contribution in [3.8, 4) is 5.69 Å². The maximum Gasteiger partial charge on any atom is 0.359 e. The average molecular weight is 428 g/mol. The first-order valence-electron chi connectivity index (χ1n) is 9.68. The van der Waals surface area contributed by atoms with Crippen LogP contribution in [0.3, 0.4) is 0 Å². The van der Waals surface area contributed by atoms with Gasteiger partial charge in [-0.25, -0.2) is 19.1 Å². The van der Waals surface area contributed by atoms with E-state index in [9.17, 15) is 19.7 Å². The highest BCUT2D eigenvalue weighted by Gasteiger charge is 2.19. The van der Waals surface area contributed by atoms with Crippen molar-refractivity contribution in [2.45, 2.75) is 6.92 Å². The molecule has 5 rings (SSSR count). The highest BCUT2D eigenvalue weighted by atomic mass is 16.6. The molecule has 0 aliphatic heterocycles. The van der Waals surface area contributed by atoms with Crippen molar-refractivity contribution in [3.63, 3.8) is 0 Å². The molecule has 10 nitrogen and oxygen atoms in total. The third-order valence-corrected chi connectivity index (χ3v) is 5.08. The first-order chi connectivity index (χ1) is 15.4. The number of hydrogen-bond donors (Lipinski definition) is 1. The third kappa shape index (κ3) is 3.01. The van der Waals surface area contributed by atoms with Crippen LogP contribution >= 0.6 is 0 Å². The molecular formula is C22H16N6O4. The number of hydrogen-bond acceptors (Lipinski definition) is 6. The van der Waals surface area contributed by atoms with Crippen LogP contribution in [0.4, 0.5) is 17.3 Å². The SMILES string of the molecule is Cc1ccc2nc(Nc3ccc([N+](=O)[O-])cc3)n3c(=O)n(-c4ccccc4)c(=O)n3c2c1. The molecule has 1 N–H and O–H groups in total. The van der Waals surface area contributed by atoms with Crippen molar-refractivity contribution in [1.82, 2.24) is 18.6 Å². The second kappa shape index (κ2) is 7.20. The summed E-state index contributed by atoms with van der Waals surface area (Å²) in [6, 6.07) is 19.7. The van der Waals surface area contributed by atoms with E-state index in [0.717, 1.165) is 10.1 Å². The topological polar surface area (TPSA) is 116 Å². The van der Waals surface area contributed by atoms with Crippen molar-refractivity contribution in [2.24, 2.45) is 0 Å². The van der Waals surface area contributed by atoms with Gasteiger partial charge >= 0.3 is 11.4 Å². The fourth-order valence-corrected chi connectivity index (χ4v) is 3.57. The summed E-state index contributed by atoms with van der Waals surface area (Å²) >= 11 is 0. The summed E-state index contributed by atoms with van der Waals surface area (Å²) in [6.45, 7) is 1.89. The van der Waals surface area contributed by atoms with Gasteiger partial charge in [-0.05, 0) is 48.9 Å². The Bertz CT molecular complexity index is 1610. The Kier molecular flexibility index (Phi) is 4.33. The van der Waals surface area contributed by atoms with Gasteiger partial charge in [-0.15, -0.1) is 0 Å². The number of non-ortho nitro benzene ring substituents is 1. The predicted molar refractivity (Wildman–Crippen MR) is 119 cm³/mol. The number of nitro benzene ring substituents is 1. The molecule has 0 saturated heterocycles. The Morgan fingerprint density at radius 3 is 2.28 bits per heavy atom. The average Bonchev–Trinajstić information content (AvgIpc) is 3.06. The number of aromatic nitrogens is 4. The van der Waals surface area contributed by atoms with Gasteiger partial charge in [0.15, 0.2) is 0 Å². The molecule has 32 heavy (non-hydrogen) atoms. The standard InChI is InChI=1S/C22H16N6O4/c1-14-7-12-18-19(13-14)26-21(29)25(16-5-3-2-4-6-16)22(30)27(26)20(24-18)23-15-8-10-17(11-9-15)28(31)32/h2-13H,1H3,(H,23,24). The summed E-state index contributed by atoms with van der Waals surface area (Å²) in [5.41, 5.74) is 1.61. The normalized spacial score (nSPS) is 11.2. The van der Waals surface area contributed by atoms with Gasteiger partial charge in [0.1, 0.15) is 0 Å². The maximum atomic E-state index is 13.4. The van der Waals surface area contributed by atoms with Crippen LogP contribution in [0.1, 0.15) is 5.56 Å². The van der Waals surface area contributed by atoms with E-state index in [1.807, 2.05) is 13.0 Å². The highest BCUT2D eigenvalue weighted by Crippen LogP contribution is 2.21. The van der Waals surface area contributed by atoms with Crippen LogP contribution in [0.2, 0.25) is 0 Å². The molecule has 0 atom stereocenters. The molecule has 0 saturated carbocycles. The van der Waals surface area contributed by atoms with E-state index in [1.54, 1.807) is 42.5 Å². The predicted octanol–water partition coefficient (Wildman–Crippen LogP) is 3.06. The number of benzene rings is 3. The number of rotatable bonds is 4. The quantitative estimate of drug-likeness (QED) is 0.347. The number of nitrogens with one attached hydrogen (secondary N) is 1. The number of para-hydroxylation sites is 1. The van der Waals surface area contributed by atoms with E-state index in [2.05, 4.69) is 10.3 Å². The molecule has 0 spiro atoms. The first kappa shape index (κ1) is 19.2. The summed E-state index contributed by atoms with van der Waals surface area (Å²) in [5.74, 6) is 0.104. The fraction of sp³-hybridized carbons (Fsp3) is 0.0455. The number of nitro groups is 1. The van der Waals surface area contributed by atoms with E-state index in [4.69, 9.17) is 0 Å². The zero-order chi connectivity index (χ0) is 22.4. The zero-order valence-corrected chi connectivity index (χ0v) is 16.8. The molecule has 2 heterocycles. The molecule has 0 aliphatic carbocycles. The second-order valence-electron chi connectivity index (χ2n) is 7.22. The number of anilines is 2. The summed E-state index contributed by atoms with van der Waals surface area (Å²) in [6.07, 6.45) is 0. The molecule has 10 heteroatoms. The lowest BCUT2D eigenvalue weighted by Crippen LogP contribution is -2.26. The van der Waals surface area contributed by atoms with E-state index in [0.29, 0.717) is 22.4 Å². The number of nitrogens with zero attached hydrogens (tertiary/aromatic N) is 5. The molecule has 0 fully saturated rings. The molecule has 0 amide bonds. The van der Waals surface area contributed by atoms with Crippen LogP contribution in [0.25, 0.3) is 16.7 Å². The van der Waals surface area contributed by atoms with Crippen LogP contribution in [0.15, 0.2) is 82.4 Å².